The maximum Gasteiger partial charge on any atom is 0.325 e. The number of ether oxygens (including phenoxy) is 1. The highest BCUT2D eigenvalue weighted by atomic mass is 35.5. The molecule has 0 spiro atoms. The number of carbonyl (C=O) groups is 3. The number of hydrogen-bond donors (Lipinski definition) is 3. The van der Waals surface area contributed by atoms with Crippen molar-refractivity contribution in [1.29, 1.82) is 0 Å². The van der Waals surface area contributed by atoms with Gasteiger partial charge in [0.15, 0.2) is 5.11 Å². The van der Waals surface area contributed by atoms with Gasteiger partial charge in [-0.25, -0.2) is 0 Å². The van der Waals surface area contributed by atoms with Gasteiger partial charge in [-0.2, -0.15) is 0 Å². The summed E-state index contributed by atoms with van der Waals surface area (Å²) in [5.41, 5.74) is 0.340. The number of rotatable bonds is 5. The fourth-order valence-electron chi connectivity index (χ4n) is 1.32. The van der Waals surface area contributed by atoms with Crippen molar-refractivity contribution in [2.24, 2.45) is 0 Å². The van der Waals surface area contributed by atoms with Gasteiger partial charge in [0.05, 0.1) is 13.7 Å². The molecule has 0 saturated carbocycles. The predicted molar refractivity (Wildman–Crippen MR) is 84.5 cm³/mol. The molecule has 0 radical (unpaired) electrons. The summed E-state index contributed by atoms with van der Waals surface area (Å²) in [5, 5.41) is 7.67. The van der Waals surface area contributed by atoms with Crippen molar-refractivity contribution in [2.45, 2.75) is 0 Å². The van der Waals surface area contributed by atoms with Gasteiger partial charge in [-0.1, -0.05) is 17.7 Å². The highest BCUT2D eigenvalue weighted by molar-refractivity contribution is 7.80. The Bertz CT molecular complexity index is 594. The number of esters is 1. The molecule has 22 heavy (non-hydrogen) atoms. The lowest BCUT2D eigenvalue weighted by molar-refractivity contribution is -0.141. The fraction of sp³-hybridized carbons (Fsp3) is 0.231. The van der Waals surface area contributed by atoms with Gasteiger partial charge in [0.1, 0.15) is 6.54 Å². The number of thiocarbonyl (C=S) groups is 1. The van der Waals surface area contributed by atoms with Crippen molar-refractivity contribution in [3.05, 3.63) is 34.9 Å². The Morgan fingerprint density at radius 3 is 2.59 bits per heavy atom. The van der Waals surface area contributed by atoms with E-state index >= 15 is 0 Å². The molecule has 0 aliphatic heterocycles. The van der Waals surface area contributed by atoms with E-state index in [1.165, 1.54) is 13.2 Å². The van der Waals surface area contributed by atoms with Crippen LogP contribution in [0.5, 0.6) is 0 Å². The zero-order valence-corrected chi connectivity index (χ0v) is 13.2. The Balaban J connectivity index is 2.35. The van der Waals surface area contributed by atoms with Crippen LogP contribution in [-0.2, 0) is 14.3 Å². The minimum absolute atomic E-state index is 0.0156. The van der Waals surface area contributed by atoms with Crippen molar-refractivity contribution in [3.63, 3.8) is 0 Å². The molecule has 0 aliphatic carbocycles. The molecule has 1 aromatic rings. The van der Waals surface area contributed by atoms with Crippen molar-refractivity contribution in [1.82, 2.24) is 16.0 Å². The second kappa shape index (κ2) is 8.96. The summed E-state index contributed by atoms with van der Waals surface area (Å²) in [5.74, 6) is -1.48. The van der Waals surface area contributed by atoms with Gasteiger partial charge in [-0.05, 0) is 30.4 Å². The van der Waals surface area contributed by atoms with Crippen LogP contribution in [0.3, 0.4) is 0 Å². The molecule has 1 rings (SSSR count). The molecule has 0 unspecified atom stereocenters. The zero-order valence-electron chi connectivity index (χ0n) is 11.6. The van der Waals surface area contributed by atoms with Crippen LogP contribution in [0.25, 0.3) is 0 Å². The number of methoxy groups -OCH3 is 1. The Hall–Kier alpha value is -2.19. The van der Waals surface area contributed by atoms with Gasteiger partial charge in [0, 0.05) is 10.6 Å². The van der Waals surface area contributed by atoms with E-state index in [0.717, 1.165) is 0 Å². The molecule has 9 heteroatoms. The topological polar surface area (TPSA) is 96.5 Å². The lowest BCUT2D eigenvalue weighted by Gasteiger charge is -2.09. The van der Waals surface area contributed by atoms with Crippen LogP contribution in [-0.4, -0.2) is 43.1 Å². The molecule has 0 bridgehead atoms. The van der Waals surface area contributed by atoms with Gasteiger partial charge in [-0.15, -0.1) is 0 Å². The minimum atomic E-state index is -0.565. The standard InChI is InChI=1S/C13H14ClN3O4S/c1-21-11(19)7-15-10(18)6-16-13(22)17-12(20)8-3-2-4-9(14)5-8/h2-5H,6-7H2,1H3,(H,15,18)(H2,16,17,20,22). The van der Waals surface area contributed by atoms with Gasteiger partial charge in [-0.3, -0.25) is 19.7 Å². The average Bonchev–Trinajstić information content (AvgIpc) is 2.50. The molecule has 0 heterocycles. The molecule has 0 saturated heterocycles. The molecule has 0 aliphatic rings. The average molecular weight is 344 g/mol. The third-order valence-electron chi connectivity index (χ3n) is 2.38. The quantitative estimate of drug-likeness (QED) is 0.523. The van der Waals surface area contributed by atoms with Crippen LogP contribution in [0.2, 0.25) is 5.02 Å². The molecular weight excluding hydrogens is 330 g/mol. The van der Waals surface area contributed by atoms with Crippen LogP contribution in [0.4, 0.5) is 0 Å². The number of benzene rings is 1. The van der Waals surface area contributed by atoms with Crippen molar-refractivity contribution in [3.8, 4) is 0 Å². The van der Waals surface area contributed by atoms with Crippen LogP contribution in [0.15, 0.2) is 24.3 Å². The monoisotopic (exact) mass is 343 g/mol. The van der Waals surface area contributed by atoms with E-state index < -0.39 is 17.8 Å². The van der Waals surface area contributed by atoms with E-state index in [9.17, 15) is 14.4 Å². The van der Waals surface area contributed by atoms with Crippen molar-refractivity contribution < 1.29 is 19.1 Å². The number of amides is 2. The van der Waals surface area contributed by atoms with Crippen molar-refractivity contribution >= 4 is 46.7 Å². The first-order valence-corrected chi connectivity index (χ1v) is 6.89. The summed E-state index contributed by atoms with van der Waals surface area (Å²) >= 11 is 10.7. The summed E-state index contributed by atoms with van der Waals surface area (Å²) in [6, 6.07) is 6.34. The number of halogens is 1. The SMILES string of the molecule is COC(=O)CNC(=O)CNC(=S)NC(=O)c1cccc(Cl)c1. The maximum absolute atomic E-state index is 11.8. The molecule has 0 fully saturated rings. The number of nitrogens with one attached hydrogen (secondary N) is 3. The molecule has 3 N–H and O–H groups in total. The minimum Gasteiger partial charge on any atom is -0.468 e. The molecule has 0 atom stereocenters. The first-order valence-electron chi connectivity index (χ1n) is 6.10. The van der Waals surface area contributed by atoms with E-state index in [1.807, 2.05) is 0 Å². The Morgan fingerprint density at radius 1 is 1.23 bits per heavy atom. The van der Waals surface area contributed by atoms with E-state index in [0.29, 0.717) is 10.6 Å². The van der Waals surface area contributed by atoms with Gasteiger partial charge in [0.25, 0.3) is 5.91 Å². The fourth-order valence-corrected chi connectivity index (χ4v) is 1.67. The van der Waals surface area contributed by atoms with Crippen LogP contribution in [0, 0.1) is 0 Å². The van der Waals surface area contributed by atoms with E-state index in [2.05, 4.69) is 20.7 Å². The van der Waals surface area contributed by atoms with E-state index in [4.69, 9.17) is 23.8 Å². The predicted octanol–water partition coefficient (Wildman–Crippen LogP) is 0.234. The molecule has 1 aromatic carbocycles. The van der Waals surface area contributed by atoms with Crippen LogP contribution < -0.4 is 16.0 Å². The Kier molecular flexibility index (Phi) is 7.27. The lowest BCUT2D eigenvalue weighted by atomic mass is 10.2. The van der Waals surface area contributed by atoms with Crippen molar-refractivity contribution in [2.75, 3.05) is 20.2 Å². The Morgan fingerprint density at radius 2 is 1.95 bits per heavy atom. The zero-order chi connectivity index (χ0) is 16.5. The molecule has 118 valence electrons. The van der Waals surface area contributed by atoms with E-state index in [1.54, 1.807) is 18.2 Å². The summed E-state index contributed by atoms with van der Waals surface area (Å²) in [4.78, 5) is 34.1. The molecule has 0 aromatic heterocycles. The number of carbonyl (C=O) groups excluding carboxylic acids is 3. The normalized spacial score (nSPS) is 9.55. The highest BCUT2D eigenvalue weighted by Crippen LogP contribution is 2.10. The summed E-state index contributed by atoms with van der Waals surface area (Å²) in [6.07, 6.45) is 0. The third kappa shape index (κ3) is 6.51. The summed E-state index contributed by atoms with van der Waals surface area (Å²) in [6.45, 7) is -0.426. The maximum atomic E-state index is 11.8. The lowest BCUT2D eigenvalue weighted by Crippen LogP contribution is -2.44. The van der Waals surface area contributed by atoms with Gasteiger partial charge in [0.2, 0.25) is 5.91 Å². The highest BCUT2D eigenvalue weighted by Gasteiger charge is 2.10. The Labute approximate surface area is 137 Å². The smallest absolute Gasteiger partial charge is 0.325 e. The largest absolute Gasteiger partial charge is 0.468 e. The molecular formula is C13H14ClN3O4S. The number of hydrogen-bond acceptors (Lipinski definition) is 5. The second-order valence-electron chi connectivity index (χ2n) is 4.00. The van der Waals surface area contributed by atoms with Crippen LogP contribution >= 0.6 is 23.8 Å². The molecule has 7 nitrogen and oxygen atoms in total. The van der Waals surface area contributed by atoms with Gasteiger partial charge >= 0.3 is 5.97 Å². The first-order chi connectivity index (χ1) is 10.4. The van der Waals surface area contributed by atoms with Crippen LogP contribution in [0.1, 0.15) is 10.4 Å². The van der Waals surface area contributed by atoms with E-state index in [-0.39, 0.29) is 18.2 Å². The third-order valence-corrected chi connectivity index (χ3v) is 2.86. The molecule has 2 amide bonds. The first kappa shape index (κ1) is 17.9. The summed E-state index contributed by atoms with van der Waals surface area (Å²) in [7, 11) is 1.22. The summed E-state index contributed by atoms with van der Waals surface area (Å²) < 4.78 is 4.37. The second-order valence-corrected chi connectivity index (χ2v) is 4.84. The van der Waals surface area contributed by atoms with Gasteiger partial charge < -0.3 is 15.4 Å².